The molecule has 0 spiro atoms. The van der Waals surface area contributed by atoms with Crippen molar-refractivity contribution in [3.63, 3.8) is 0 Å². The number of hydrogen-bond acceptors (Lipinski definition) is 8. The molecule has 0 saturated heterocycles. The molecule has 1 aromatic carbocycles. The Morgan fingerprint density at radius 1 is 1.46 bits per heavy atom. The van der Waals surface area contributed by atoms with Crippen LogP contribution >= 0.6 is 23.1 Å². The number of esters is 1. The third-order valence-corrected chi connectivity index (χ3v) is 6.87. The number of nitrogens with one attached hydrogen (secondary N) is 1. The molecular formula is C15H10N2O7S2. The fraction of sp³-hybridized carbons (Fsp3) is 0.267. The van der Waals surface area contributed by atoms with Crippen LogP contribution in [0.2, 0.25) is 0 Å². The van der Waals surface area contributed by atoms with Crippen LogP contribution in [0.15, 0.2) is 28.0 Å². The number of aromatic amines is 1. The molecule has 2 aromatic rings. The minimum atomic E-state index is -1.43. The van der Waals surface area contributed by atoms with Gasteiger partial charge in [0.15, 0.2) is 0 Å². The number of carboxylic acid groups (broad SMARTS) is 1. The summed E-state index contributed by atoms with van der Waals surface area (Å²) in [6.45, 7) is 0. The summed E-state index contributed by atoms with van der Waals surface area (Å²) in [6, 6.07) is 3.83. The lowest BCUT2D eigenvalue weighted by Gasteiger charge is -2.43. The minimum absolute atomic E-state index is 0.0879. The number of rotatable bonds is 3. The van der Waals surface area contributed by atoms with Gasteiger partial charge in [0.1, 0.15) is 11.2 Å². The topological polar surface area (TPSA) is 140 Å². The first-order valence-corrected chi connectivity index (χ1v) is 9.20. The van der Waals surface area contributed by atoms with Crippen LogP contribution in [0.1, 0.15) is 22.8 Å². The highest BCUT2D eigenvalue weighted by Crippen LogP contribution is 2.58. The molecule has 2 aliphatic rings. The summed E-state index contributed by atoms with van der Waals surface area (Å²) in [7, 11) is 0. The Morgan fingerprint density at radius 2 is 2.23 bits per heavy atom. The van der Waals surface area contributed by atoms with Gasteiger partial charge in [0.2, 0.25) is 0 Å². The van der Waals surface area contributed by atoms with E-state index in [4.69, 9.17) is 4.74 Å². The van der Waals surface area contributed by atoms with Crippen molar-refractivity contribution >= 4 is 40.7 Å². The lowest BCUT2D eigenvalue weighted by Crippen LogP contribution is -2.48. The Hall–Kier alpha value is -2.66. The summed E-state index contributed by atoms with van der Waals surface area (Å²) in [5.74, 6) is -2.46. The van der Waals surface area contributed by atoms with Gasteiger partial charge < -0.3 is 14.8 Å². The Morgan fingerprint density at radius 3 is 2.92 bits per heavy atom. The van der Waals surface area contributed by atoms with Crippen molar-refractivity contribution in [1.29, 1.82) is 0 Å². The number of nitrogens with zero attached hydrogens (tertiary/aromatic N) is 1. The van der Waals surface area contributed by atoms with Gasteiger partial charge in [-0.2, -0.15) is 0 Å². The number of ether oxygens (including phenoxy) is 1. The van der Waals surface area contributed by atoms with E-state index in [9.17, 15) is 29.6 Å². The molecule has 0 bridgehead atoms. The van der Waals surface area contributed by atoms with E-state index >= 15 is 0 Å². The summed E-state index contributed by atoms with van der Waals surface area (Å²) >= 11 is 2.06. The summed E-state index contributed by atoms with van der Waals surface area (Å²) in [4.78, 5) is 49.5. The molecule has 9 nitrogen and oxygen atoms in total. The molecule has 134 valence electrons. The van der Waals surface area contributed by atoms with Gasteiger partial charge in [-0.25, -0.2) is 0 Å². The summed E-state index contributed by atoms with van der Waals surface area (Å²) in [5.41, 5.74) is -1.29. The number of thioether (sulfide) groups is 1. The molecule has 0 aliphatic carbocycles. The van der Waals surface area contributed by atoms with E-state index < -0.39 is 34.6 Å². The van der Waals surface area contributed by atoms with Gasteiger partial charge in [-0.1, -0.05) is 11.3 Å². The van der Waals surface area contributed by atoms with E-state index in [0.717, 1.165) is 11.3 Å². The number of carbonyl (C=O) groups is 2. The first kappa shape index (κ1) is 16.8. The number of carboxylic acids is 1. The summed E-state index contributed by atoms with van der Waals surface area (Å²) in [6.07, 6.45) is -0.503. The van der Waals surface area contributed by atoms with Crippen molar-refractivity contribution in [2.75, 3.05) is 5.75 Å². The normalized spacial score (nSPS) is 23.4. The zero-order chi connectivity index (χ0) is 18.6. The van der Waals surface area contributed by atoms with Gasteiger partial charge in [-0.15, -0.1) is 11.8 Å². The third kappa shape index (κ3) is 2.35. The first-order valence-electron chi connectivity index (χ1n) is 7.40. The number of benzene rings is 1. The number of non-ortho nitro benzene ring substituents is 1. The largest absolute Gasteiger partial charge is 0.481 e. The molecule has 2 aliphatic heterocycles. The molecule has 0 fully saturated rings. The van der Waals surface area contributed by atoms with Crippen LogP contribution in [0.5, 0.6) is 5.75 Å². The maximum Gasteiger partial charge on any atom is 0.319 e. The maximum atomic E-state index is 12.8. The number of nitro groups is 1. The highest BCUT2D eigenvalue weighted by atomic mass is 32.2. The number of carbonyl (C=O) groups excluding carboxylic acids is 1. The van der Waals surface area contributed by atoms with Crippen LogP contribution < -0.4 is 9.61 Å². The highest BCUT2D eigenvalue weighted by molar-refractivity contribution is 7.99. The van der Waals surface area contributed by atoms with Gasteiger partial charge in [0, 0.05) is 34.2 Å². The molecule has 0 radical (unpaired) electrons. The second-order valence-corrected chi connectivity index (χ2v) is 8.03. The molecule has 2 atom stereocenters. The molecule has 1 aromatic heterocycles. The Labute approximate surface area is 153 Å². The zero-order valence-corrected chi connectivity index (χ0v) is 14.5. The number of fused-ring (bicyclic) bond motifs is 5. The van der Waals surface area contributed by atoms with Crippen molar-refractivity contribution in [2.24, 2.45) is 5.41 Å². The van der Waals surface area contributed by atoms with Crippen LogP contribution in [0, 0.1) is 15.5 Å². The Kier molecular flexibility index (Phi) is 3.66. The van der Waals surface area contributed by atoms with Crippen molar-refractivity contribution in [3.8, 4) is 5.75 Å². The van der Waals surface area contributed by atoms with Crippen LogP contribution in [0.3, 0.4) is 0 Å². The molecule has 2 N–H and O–H groups in total. The predicted molar refractivity (Wildman–Crippen MR) is 90.9 cm³/mol. The predicted octanol–water partition coefficient (Wildman–Crippen LogP) is 1.96. The van der Waals surface area contributed by atoms with Crippen LogP contribution in [0.4, 0.5) is 5.69 Å². The summed E-state index contributed by atoms with van der Waals surface area (Å²) < 4.78 is 5.34. The standard InChI is InChI=1S/C15H10N2O7S2/c18-9(19)4-15-5-25-12-11(26-14(21)16-12)10(15)7-3-6(17(22)23)1-2-8(7)24-13(15)20/h1-3,10H,4-5H2,(H,16,21)(H,18,19). The molecule has 2 unspecified atom stereocenters. The molecular weight excluding hydrogens is 384 g/mol. The minimum Gasteiger partial charge on any atom is -0.481 e. The molecule has 11 heteroatoms. The fourth-order valence-corrected chi connectivity index (χ4v) is 5.99. The first-order chi connectivity index (χ1) is 12.3. The van der Waals surface area contributed by atoms with Gasteiger partial charge in [0.05, 0.1) is 16.4 Å². The van der Waals surface area contributed by atoms with E-state index in [-0.39, 0.29) is 22.1 Å². The fourth-order valence-electron chi connectivity index (χ4n) is 3.44. The van der Waals surface area contributed by atoms with Gasteiger partial charge in [-0.3, -0.25) is 24.5 Å². The molecule has 0 amide bonds. The second kappa shape index (κ2) is 5.68. The average molecular weight is 394 g/mol. The van der Waals surface area contributed by atoms with Crippen LogP contribution in [0.25, 0.3) is 0 Å². The second-order valence-electron chi connectivity index (χ2n) is 6.02. The van der Waals surface area contributed by atoms with E-state index in [1.165, 1.54) is 30.0 Å². The van der Waals surface area contributed by atoms with Gasteiger partial charge in [0.25, 0.3) is 5.69 Å². The van der Waals surface area contributed by atoms with Gasteiger partial charge in [-0.05, 0) is 6.07 Å². The Bertz CT molecular complexity index is 1030. The zero-order valence-electron chi connectivity index (χ0n) is 12.9. The third-order valence-electron chi connectivity index (χ3n) is 4.52. The lowest BCUT2D eigenvalue weighted by atomic mass is 9.68. The molecule has 0 saturated carbocycles. The smallest absolute Gasteiger partial charge is 0.319 e. The summed E-state index contributed by atoms with van der Waals surface area (Å²) in [5, 5.41) is 21.1. The van der Waals surface area contributed by atoms with Crippen molar-refractivity contribution < 1.29 is 24.4 Å². The Balaban J connectivity index is 2.01. The number of aromatic nitrogens is 1. The monoisotopic (exact) mass is 394 g/mol. The quantitative estimate of drug-likeness (QED) is 0.348. The van der Waals surface area contributed by atoms with E-state index in [1.807, 2.05) is 0 Å². The lowest BCUT2D eigenvalue weighted by molar-refractivity contribution is -0.385. The molecule has 26 heavy (non-hydrogen) atoms. The van der Waals surface area contributed by atoms with Crippen molar-refractivity contribution in [2.45, 2.75) is 17.4 Å². The number of H-pyrrole nitrogens is 1. The number of aliphatic carboxylic acids is 1. The maximum absolute atomic E-state index is 12.8. The van der Waals surface area contributed by atoms with Gasteiger partial charge >= 0.3 is 16.8 Å². The van der Waals surface area contributed by atoms with Crippen LogP contribution in [-0.4, -0.2) is 32.7 Å². The molecule has 4 rings (SSSR count). The SMILES string of the molecule is O=C(O)CC12CSc3[nH]c(=O)sc3C1c1cc([N+](=O)[O-])ccc1OC2=O. The molecule has 3 heterocycles. The van der Waals surface area contributed by atoms with Crippen molar-refractivity contribution in [3.05, 3.63) is 48.4 Å². The van der Waals surface area contributed by atoms with E-state index in [1.54, 1.807) is 0 Å². The highest BCUT2D eigenvalue weighted by Gasteiger charge is 2.57. The van der Waals surface area contributed by atoms with Crippen LogP contribution in [-0.2, 0) is 9.59 Å². The number of nitro benzene ring substituents is 1. The van der Waals surface area contributed by atoms with Crippen molar-refractivity contribution in [1.82, 2.24) is 4.98 Å². The number of hydrogen-bond donors (Lipinski definition) is 2. The van der Waals surface area contributed by atoms with E-state index in [2.05, 4.69) is 4.98 Å². The van der Waals surface area contributed by atoms with E-state index in [0.29, 0.717) is 15.5 Å². The average Bonchev–Trinajstić information content (AvgIpc) is 2.94. The number of thiazole rings is 1.